The van der Waals surface area contributed by atoms with E-state index in [1.807, 2.05) is 74.9 Å². The summed E-state index contributed by atoms with van der Waals surface area (Å²) in [7, 11) is 2.02. The van der Waals surface area contributed by atoms with Crippen molar-refractivity contribution < 1.29 is 4.74 Å². The first-order chi connectivity index (χ1) is 13.2. The van der Waals surface area contributed by atoms with Crippen molar-refractivity contribution in [3.8, 4) is 34.2 Å². The van der Waals surface area contributed by atoms with Gasteiger partial charge in [0.1, 0.15) is 5.75 Å². The number of hydrogen-bond donors (Lipinski definition) is 0. The molecule has 2 heterocycles. The fraction of sp³-hybridized carbons (Fsp3) is 0.130. The Bertz CT molecular complexity index is 1130. The van der Waals surface area contributed by atoms with Gasteiger partial charge >= 0.3 is 0 Å². The van der Waals surface area contributed by atoms with Gasteiger partial charge in [-0.25, -0.2) is 0 Å². The van der Waals surface area contributed by atoms with Crippen molar-refractivity contribution in [1.29, 1.82) is 5.26 Å². The molecule has 0 aliphatic rings. The zero-order valence-electron chi connectivity index (χ0n) is 15.3. The number of hydrogen-bond acceptors (Lipinski definition) is 3. The molecule has 0 saturated heterocycles. The summed E-state index contributed by atoms with van der Waals surface area (Å²) in [5, 5.41) is 10.2. The number of nitriles is 1. The van der Waals surface area contributed by atoms with Crippen LogP contribution in [0.5, 0.6) is 5.75 Å². The Morgan fingerprint density at radius 2 is 1.70 bits per heavy atom. The molecule has 4 nitrogen and oxygen atoms in total. The van der Waals surface area contributed by atoms with E-state index in [0.717, 1.165) is 39.0 Å². The van der Waals surface area contributed by atoms with Crippen LogP contribution < -0.4 is 4.74 Å². The lowest BCUT2D eigenvalue weighted by Crippen LogP contribution is -1.94. The number of aromatic nitrogens is 2. The maximum absolute atomic E-state index is 9.10. The van der Waals surface area contributed by atoms with E-state index < -0.39 is 0 Å². The monoisotopic (exact) mass is 353 g/mol. The maximum Gasteiger partial charge on any atom is 0.119 e. The first-order valence-electron chi connectivity index (χ1n) is 8.89. The van der Waals surface area contributed by atoms with Gasteiger partial charge in [0, 0.05) is 29.8 Å². The topological polar surface area (TPSA) is 50.8 Å². The number of aryl methyl sites for hydroxylation is 1. The van der Waals surface area contributed by atoms with Crippen LogP contribution in [-0.4, -0.2) is 16.2 Å². The SMILES string of the molecule is CCOc1ccc(-c2ncc3c(ccn3C)c2-c2ccc(C#N)cc2)cc1. The zero-order valence-corrected chi connectivity index (χ0v) is 15.3. The second kappa shape index (κ2) is 6.97. The summed E-state index contributed by atoms with van der Waals surface area (Å²) < 4.78 is 7.62. The van der Waals surface area contributed by atoms with Crippen LogP contribution in [-0.2, 0) is 7.05 Å². The summed E-state index contributed by atoms with van der Waals surface area (Å²) in [6.07, 6.45) is 3.95. The number of fused-ring (bicyclic) bond motifs is 1. The molecule has 0 fully saturated rings. The Labute approximate surface area is 158 Å². The molecule has 132 valence electrons. The lowest BCUT2D eigenvalue weighted by molar-refractivity contribution is 0.340. The van der Waals surface area contributed by atoms with Crippen molar-refractivity contribution in [3.63, 3.8) is 0 Å². The Morgan fingerprint density at radius 1 is 1.00 bits per heavy atom. The largest absolute Gasteiger partial charge is 0.494 e. The smallest absolute Gasteiger partial charge is 0.119 e. The van der Waals surface area contributed by atoms with Gasteiger partial charge in [-0.2, -0.15) is 5.26 Å². The maximum atomic E-state index is 9.10. The predicted octanol–water partition coefficient (Wildman–Crippen LogP) is 5.18. The fourth-order valence-corrected chi connectivity index (χ4v) is 3.33. The third kappa shape index (κ3) is 3.04. The number of nitrogens with zero attached hydrogens (tertiary/aromatic N) is 3. The lowest BCUT2D eigenvalue weighted by atomic mass is 9.95. The molecule has 0 atom stereocenters. The molecule has 0 amide bonds. The molecule has 0 aliphatic heterocycles. The standard InChI is InChI=1S/C23H19N3O/c1-3-27-19-10-8-18(9-11-19)23-22(17-6-4-16(14-24)5-7-17)20-12-13-26(2)21(20)15-25-23/h4-13,15H,3H2,1-2H3. The average Bonchev–Trinajstić information content (AvgIpc) is 3.09. The highest BCUT2D eigenvalue weighted by atomic mass is 16.5. The molecule has 0 saturated carbocycles. The average molecular weight is 353 g/mol. The van der Waals surface area contributed by atoms with Crippen LogP contribution in [0.4, 0.5) is 0 Å². The Kier molecular flexibility index (Phi) is 4.35. The molecule has 0 unspecified atom stereocenters. The van der Waals surface area contributed by atoms with E-state index in [1.165, 1.54) is 0 Å². The molecule has 0 bridgehead atoms. The van der Waals surface area contributed by atoms with Gasteiger partial charge in [0.05, 0.1) is 35.6 Å². The van der Waals surface area contributed by atoms with Gasteiger partial charge in [-0.15, -0.1) is 0 Å². The molecule has 0 radical (unpaired) electrons. The van der Waals surface area contributed by atoms with Crippen LogP contribution in [0, 0.1) is 11.3 Å². The van der Waals surface area contributed by atoms with Crippen molar-refractivity contribution in [2.45, 2.75) is 6.92 Å². The van der Waals surface area contributed by atoms with Gasteiger partial charge < -0.3 is 9.30 Å². The number of pyridine rings is 1. The third-order valence-electron chi connectivity index (χ3n) is 4.68. The van der Waals surface area contributed by atoms with Gasteiger partial charge in [0.15, 0.2) is 0 Å². The first-order valence-corrected chi connectivity index (χ1v) is 8.89. The van der Waals surface area contributed by atoms with E-state index in [9.17, 15) is 0 Å². The highest BCUT2D eigenvalue weighted by Crippen LogP contribution is 2.37. The van der Waals surface area contributed by atoms with E-state index in [1.54, 1.807) is 0 Å². The van der Waals surface area contributed by atoms with Gasteiger partial charge in [-0.3, -0.25) is 4.98 Å². The van der Waals surface area contributed by atoms with Gasteiger partial charge in [0.25, 0.3) is 0 Å². The minimum Gasteiger partial charge on any atom is -0.494 e. The van der Waals surface area contributed by atoms with Crippen LogP contribution in [0.15, 0.2) is 67.0 Å². The second-order valence-corrected chi connectivity index (χ2v) is 6.35. The van der Waals surface area contributed by atoms with Crippen molar-refractivity contribution >= 4 is 10.9 Å². The van der Waals surface area contributed by atoms with E-state index in [0.29, 0.717) is 12.2 Å². The molecule has 2 aromatic carbocycles. The predicted molar refractivity (Wildman–Crippen MR) is 107 cm³/mol. The van der Waals surface area contributed by atoms with Crippen molar-refractivity contribution in [3.05, 3.63) is 72.6 Å². The fourth-order valence-electron chi connectivity index (χ4n) is 3.33. The van der Waals surface area contributed by atoms with Crippen LogP contribution in [0.2, 0.25) is 0 Å². The normalized spacial score (nSPS) is 10.7. The number of ether oxygens (including phenoxy) is 1. The van der Waals surface area contributed by atoms with Crippen molar-refractivity contribution in [1.82, 2.24) is 9.55 Å². The molecule has 4 heteroatoms. The Morgan fingerprint density at radius 3 is 2.37 bits per heavy atom. The molecule has 2 aromatic heterocycles. The second-order valence-electron chi connectivity index (χ2n) is 6.35. The van der Waals surface area contributed by atoms with E-state index in [4.69, 9.17) is 15.0 Å². The van der Waals surface area contributed by atoms with Gasteiger partial charge in [-0.1, -0.05) is 12.1 Å². The molecular formula is C23H19N3O. The minimum absolute atomic E-state index is 0.643. The molecule has 0 N–H and O–H groups in total. The highest BCUT2D eigenvalue weighted by molar-refractivity contribution is 6.01. The molecular weight excluding hydrogens is 334 g/mol. The van der Waals surface area contributed by atoms with Crippen LogP contribution >= 0.6 is 0 Å². The van der Waals surface area contributed by atoms with Crippen LogP contribution in [0.25, 0.3) is 33.3 Å². The van der Waals surface area contributed by atoms with Crippen molar-refractivity contribution in [2.75, 3.05) is 6.61 Å². The summed E-state index contributed by atoms with van der Waals surface area (Å²) in [6, 6.07) is 20.0. The van der Waals surface area contributed by atoms with Gasteiger partial charge in [0.2, 0.25) is 0 Å². The summed E-state index contributed by atoms with van der Waals surface area (Å²) in [5.74, 6) is 0.849. The summed E-state index contributed by atoms with van der Waals surface area (Å²) in [5.41, 5.74) is 5.78. The summed E-state index contributed by atoms with van der Waals surface area (Å²) in [6.45, 7) is 2.62. The quantitative estimate of drug-likeness (QED) is 0.508. The molecule has 0 spiro atoms. The van der Waals surface area contributed by atoms with E-state index >= 15 is 0 Å². The molecule has 4 rings (SSSR count). The number of benzene rings is 2. The van der Waals surface area contributed by atoms with E-state index in [2.05, 4.69) is 16.7 Å². The Balaban J connectivity index is 1.93. The molecule has 27 heavy (non-hydrogen) atoms. The summed E-state index contributed by atoms with van der Waals surface area (Å²) in [4.78, 5) is 4.78. The molecule has 0 aliphatic carbocycles. The lowest BCUT2D eigenvalue weighted by Gasteiger charge is -2.12. The van der Waals surface area contributed by atoms with Gasteiger partial charge in [-0.05, 0) is 55.0 Å². The first kappa shape index (κ1) is 16.9. The van der Waals surface area contributed by atoms with Crippen LogP contribution in [0.3, 0.4) is 0 Å². The highest BCUT2D eigenvalue weighted by Gasteiger charge is 2.15. The Hall–Kier alpha value is -3.58. The molecule has 4 aromatic rings. The zero-order chi connectivity index (χ0) is 18.8. The minimum atomic E-state index is 0.643. The van der Waals surface area contributed by atoms with Crippen molar-refractivity contribution in [2.24, 2.45) is 7.05 Å². The summed E-state index contributed by atoms with van der Waals surface area (Å²) >= 11 is 0. The van der Waals surface area contributed by atoms with E-state index in [-0.39, 0.29) is 0 Å². The van der Waals surface area contributed by atoms with Crippen LogP contribution in [0.1, 0.15) is 12.5 Å². The number of rotatable bonds is 4. The third-order valence-corrected chi connectivity index (χ3v) is 4.68.